The van der Waals surface area contributed by atoms with Crippen LogP contribution >= 0.6 is 11.6 Å². The van der Waals surface area contributed by atoms with E-state index in [4.69, 9.17) is 11.6 Å². The molecule has 0 aliphatic heterocycles. The first-order valence-corrected chi connectivity index (χ1v) is 3.51. The average Bonchev–Trinajstić information content (AvgIpc) is 2.00. The topological polar surface area (TPSA) is 43.4 Å². The van der Waals surface area contributed by atoms with E-state index in [0.717, 1.165) is 0 Å². The van der Waals surface area contributed by atoms with Crippen molar-refractivity contribution in [3.63, 3.8) is 0 Å². The molecule has 0 spiro atoms. The van der Waals surface area contributed by atoms with Gasteiger partial charge in [-0.15, -0.1) is 11.6 Å². The second-order valence-electron chi connectivity index (χ2n) is 1.49. The highest BCUT2D eigenvalue weighted by atomic mass is 35.5. The van der Waals surface area contributed by atoms with E-state index in [2.05, 4.69) is 10.7 Å². The average molecular weight is 175 g/mol. The molecule has 11 heavy (non-hydrogen) atoms. The number of hydrogen-bond donors (Lipinski definition) is 0. The molecule has 0 aromatic heterocycles. The van der Waals surface area contributed by atoms with Crippen molar-refractivity contribution in [2.24, 2.45) is 0 Å². The minimum atomic E-state index is -0.926. The number of carbonyl (C=O) groups is 2. The summed E-state index contributed by atoms with van der Waals surface area (Å²) < 4.78 is 4.37. The molecule has 0 rings (SSSR count). The fraction of sp³-hybridized carbons (Fsp3) is 0.429. The fourth-order valence-electron chi connectivity index (χ4n) is 0.361. The molecule has 0 aromatic carbocycles. The zero-order valence-corrected chi connectivity index (χ0v) is 6.77. The number of ketones is 1. The molecule has 0 atom stereocenters. The van der Waals surface area contributed by atoms with Crippen LogP contribution in [0.15, 0.2) is 0 Å². The van der Waals surface area contributed by atoms with Gasteiger partial charge in [-0.2, -0.15) is 0 Å². The van der Waals surface area contributed by atoms with Crippen molar-refractivity contribution < 1.29 is 14.3 Å². The Morgan fingerprint density at radius 3 is 2.64 bits per heavy atom. The van der Waals surface area contributed by atoms with Crippen LogP contribution in [0, 0.1) is 11.8 Å². The zero-order valence-electron chi connectivity index (χ0n) is 6.02. The molecule has 0 radical (unpaired) electrons. The lowest BCUT2D eigenvalue weighted by molar-refractivity contribution is -0.150. The highest BCUT2D eigenvalue weighted by molar-refractivity contribution is 6.41. The Morgan fingerprint density at radius 2 is 2.18 bits per heavy atom. The van der Waals surface area contributed by atoms with Gasteiger partial charge in [0.2, 0.25) is 0 Å². The van der Waals surface area contributed by atoms with Crippen molar-refractivity contribution in [1.82, 2.24) is 0 Å². The van der Waals surface area contributed by atoms with Gasteiger partial charge < -0.3 is 4.74 Å². The van der Waals surface area contributed by atoms with Crippen LogP contribution in [-0.4, -0.2) is 24.2 Å². The van der Waals surface area contributed by atoms with Crippen LogP contribution in [-0.2, 0) is 14.3 Å². The van der Waals surface area contributed by atoms with Crippen LogP contribution in [0.5, 0.6) is 0 Å². The highest BCUT2D eigenvalue weighted by Gasteiger charge is 2.10. The van der Waals surface area contributed by atoms with Crippen molar-refractivity contribution in [3.05, 3.63) is 0 Å². The van der Waals surface area contributed by atoms with Gasteiger partial charge in [0.15, 0.2) is 0 Å². The van der Waals surface area contributed by atoms with Gasteiger partial charge in [-0.05, 0) is 12.8 Å². The summed E-state index contributed by atoms with van der Waals surface area (Å²) in [6.45, 7) is 1.79. The summed E-state index contributed by atoms with van der Waals surface area (Å²) in [5, 5.41) is 0. The molecule has 0 N–H and O–H groups in total. The molecule has 3 nitrogen and oxygen atoms in total. The number of halogens is 1. The molecule has 0 bridgehead atoms. The molecule has 0 aliphatic rings. The first-order valence-electron chi connectivity index (χ1n) is 2.98. The third-order valence-corrected chi connectivity index (χ3v) is 0.863. The standard InChI is InChI=1S/C7H7ClO3/c1-2-11-7(10)6(9)4-3-5-8/h2,5H2,1H3. The summed E-state index contributed by atoms with van der Waals surface area (Å²) >= 11 is 5.15. The summed E-state index contributed by atoms with van der Waals surface area (Å²) in [7, 11) is 0. The maximum atomic E-state index is 10.6. The molecular formula is C7H7ClO3. The molecule has 0 saturated heterocycles. The third kappa shape index (κ3) is 4.40. The molecule has 0 aliphatic carbocycles. The van der Waals surface area contributed by atoms with E-state index in [1.54, 1.807) is 6.92 Å². The quantitative estimate of drug-likeness (QED) is 0.200. The molecule has 0 amide bonds. The van der Waals surface area contributed by atoms with Gasteiger partial charge in [0, 0.05) is 0 Å². The Bertz CT molecular complexity index is 211. The van der Waals surface area contributed by atoms with E-state index in [0.29, 0.717) is 0 Å². The Balaban J connectivity index is 3.93. The molecular weight excluding hydrogens is 168 g/mol. The first kappa shape index (κ1) is 9.99. The molecule has 0 aromatic rings. The second-order valence-corrected chi connectivity index (χ2v) is 1.75. The van der Waals surface area contributed by atoms with Gasteiger partial charge in [0.25, 0.3) is 0 Å². The van der Waals surface area contributed by atoms with E-state index in [9.17, 15) is 9.59 Å². The summed E-state index contributed by atoms with van der Waals surface area (Å²) in [6.07, 6.45) is 0. The summed E-state index contributed by atoms with van der Waals surface area (Å²) in [4.78, 5) is 21.1. The Hall–Kier alpha value is -1.01. The molecule has 60 valence electrons. The van der Waals surface area contributed by atoms with Gasteiger partial charge >= 0.3 is 11.8 Å². The summed E-state index contributed by atoms with van der Waals surface area (Å²) in [5.41, 5.74) is 0. The zero-order chi connectivity index (χ0) is 8.69. The maximum absolute atomic E-state index is 10.6. The van der Waals surface area contributed by atoms with Crippen molar-refractivity contribution in [1.29, 1.82) is 0 Å². The number of ether oxygens (including phenoxy) is 1. The molecule has 0 heterocycles. The van der Waals surface area contributed by atoms with E-state index in [-0.39, 0.29) is 12.5 Å². The van der Waals surface area contributed by atoms with Crippen LogP contribution in [0.3, 0.4) is 0 Å². The molecule has 4 heteroatoms. The van der Waals surface area contributed by atoms with Crippen LogP contribution in [0.1, 0.15) is 6.92 Å². The number of alkyl halides is 1. The predicted octanol–water partition coefficient (Wildman–Crippen LogP) is 0.361. The number of hydrogen-bond acceptors (Lipinski definition) is 3. The lowest BCUT2D eigenvalue weighted by Crippen LogP contribution is -2.15. The monoisotopic (exact) mass is 174 g/mol. The van der Waals surface area contributed by atoms with Crippen LogP contribution in [0.2, 0.25) is 0 Å². The second kappa shape index (κ2) is 5.75. The van der Waals surface area contributed by atoms with Crippen LogP contribution < -0.4 is 0 Å². The number of Topliss-reactive ketones (excluding diaryl/α,β-unsaturated/α-hetero) is 1. The van der Waals surface area contributed by atoms with E-state index >= 15 is 0 Å². The van der Waals surface area contributed by atoms with E-state index in [1.165, 1.54) is 0 Å². The van der Waals surface area contributed by atoms with Crippen molar-refractivity contribution >= 4 is 23.4 Å². The van der Waals surface area contributed by atoms with Gasteiger partial charge in [-0.25, -0.2) is 4.79 Å². The molecule has 0 fully saturated rings. The third-order valence-electron chi connectivity index (χ3n) is 0.730. The fourth-order valence-corrected chi connectivity index (χ4v) is 0.428. The van der Waals surface area contributed by atoms with E-state index < -0.39 is 11.8 Å². The molecule has 0 saturated carbocycles. The van der Waals surface area contributed by atoms with Gasteiger partial charge in [0.1, 0.15) is 0 Å². The SMILES string of the molecule is CCOC(=O)C(=O)C#CCCl. The Morgan fingerprint density at radius 1 is 1.55 bits per heavy atom. The number of rotatable bonds is 2. The largest absolute Gasteiger partial charge is 0.459 e. The summed E-state index contributed by atoms with van der Waals surface area (Å²) in [6, 6.07) is 0. The number of carbonyl (C=O) groups excluding carboxylic acids is 2. The number of esters is 1. The minimum absolute atomic E-state index is 0.0329. The highest BCUT2D eigenvalue weighted by Crippen LogP contribution is 1.79. The van der Waals surface area contributed by atoms with Crippen molar-refractivity contribution in [2.75, 3.05) is 12.5 Å². The van der Waals surface area contributed by atoms with Gasteiger partial charge in [0.05, 0.1) is 12.5 Å². The predicted molar refractivity (Wildman–Crippen MR) is 40.1 cm³/mol. The van der Waals surface area contributed by atoms with E-state index in [1.807, 2.05) is 5.92 Å². The normalized spacial score (nSPS) is 7.82. The minimum Gasteiger partial charge on any atom is -0.459 e. The summed E-state index contributed by atoms with van der Waals surface area (Å²) in [5.74, 6) is 2.53. The lowest BCUT2D eigenvalue weighted by Gasteiger charge is -1.92. The Kier molecular flexibility index (Phi) is 5.22. The van der Waals surface area contributed by atoms with Gasteiger partial charge in [-0.3, -0.25) is 4.79 Å². The van der Waals surface area contributed by atoms with Crippen molar-refractivity contribution in [2.45, 2.75) is 6.92 Å². The van der Waals surface area contributed by atoms with Gasteiger partial charge in [-0.1, -0.05) is 5.92 Å². The molecule has 0 unspecified atom stereocenters. The van der Waals surface area contributed by atoms with Crippen molar-refractivity contribution in [3.8, 4) is 11.8 Å². The smallest absolute Gasteiger partial charge is 0.388 e. The maximum Gasteiger partial charge on any atom is 0.388 e. The Labute approximate surface area is 69.7 Å². The van der Waals surface area contributed by atoms with Crippen LogP contribution in [0.25, 0.3) is 0 Å². The van der Waals surface area contributed by atoms with Crippen LogP contribution in [0.4, 0.5) is 0 Å². The first-order chi connectivity index (χ1) is 5.22. The lowest BCUT2D eigenvalue weighted by atomic mass is 10.4.